The van der Waals surface area contributed by atoms with E-state index in [-0.39, 0.29) is 12.2 Å². The van der Waals surface area contributed by atoms with Crippen LogP contribution in [0.1, 0.15) is 21.7 Å². The largest absolute Gasteiger partial charge is 0.451 e. The van der Waals surface area contributed by atoms with E-state index in [1.165, 1.54) is 0 Å². The van der Waals surface area contributed by atoms with Gasteiger partial charge in [-0.15, -0.1) is 0 Å². The molecule has 1 aromatic heterocycles. The Labute approximate surface area is 161 Å². The van der Waals surface area contributed by atoms with E-state index in [1.54, 1.807) is 19.1 Å². The van der Waals surface area contributed by atoms with Crippen LogP contribution in [-0.4, -0.2) is 23.9 Å². The molecule has 1 unspecified atom stereocenters. The van der Waals surface area contributed by atoms with E-state index in [4.69, 9.17) is 10.2 Å². The van der Waals surface area contributed by atoms with Crippen LogP contribution in [0.2, 0.25) is 0 Å². The lowest BCUT2D eigenvalue weighted by atomic mass is 10.1. The van der Waals surface area contributed by atoms with E-state index in [2.05, 4.69) is 16.2 Å². The fourth-order valence-electron chi connectivity index (χ4n) is 2.88. The van der Waals surface area contributed by atoms with E-state index in [0.29, 0.717) is 11.1 Å². The number of nitrogens with two attached hydrogens (primary N) is 1. The Kier molecular flexibility index (Phi) is 5.59. The summed E-state index contributed by atoms with van der Waals surface area (Å²) in [6, 6.07) is 14.6. The summed E-state index contributed by atoms with van der Waals surface area (Å²) >= 11 is 0. The van der Waals surface area contributed by atoms with Crippen LogP contribution in [0.5, 0.6) is 0 Å². The summed E-state index contributed by atoms with van der Waals surface area (Å²) in [6.07, 6.45) is 0.217. The summed E-state index contributed by atoms with van der Waals surface area (Å²) in [6.45, 7) is 1.76. The van der Waals surface area contributed by atoms with Crippen LogP contribution in [0.25, 0.3) is 11.0 Å². The van der Waals surface area contributed by atoms with Gasteiger partial charge in [0.2, 0.25) is 0 Å². The molecule has 144 valence electrons. The first-order chi connectivity index (χ1) is 13.5. The van der Waals surface area contributed by atoms with Crippen molar-refractivity contribution < 1.29 is 18.8 Å². The number of nitrogens with one attached hydrogen (secondary N) is 3. The number of para-hydroxylation sites is 1. The molecule has 0 radical (unpaired) electrons. The Balaban J connectivity index is 1.68. The summed E-state index contributed by atoms with van der Waals surface area (Å²) in [4.78, 5) is 36.1. The Morgan fingerprint density at radius 2 is 1.68 bits per heavy atom. The lowest BCUT2D eigenvalue weighted by molar-refractivity contribution is -0.123. The fraction of sp³-hybridized carbons (Fsp3) is 0.150. The lowest BCUT2D eigenvalue weighted by Gasteiger charge is -2.17. The molecule has 1 atom stereocenters. The van der Waals surface area contributed by atoms with E-state index < -0.39 is 23.9 Å². The summed E-state index contributed by atoms with van der Waals surface area (Å²) in [5, 5.41) is 3.19. The molecule has 2 aromatic carbocycles. The van der Waals surface area contributed by atoms with Gasteiger partial charge < -0.3 is 15.5 Å². The number of fused-ring (bicyclic) bond motifs is 1. The van der Waals surface area contributed by atoms with Gasteiger partial charge in [0.05, 0.1) is 0 Å². The molecule has 5 N–H and O–H groups in total. The van der Waals surface area contributed by atoms with Crippen molar-refractivity contribution in [2.24, 2.45) is 5.73 Å². The number of furan rings is 1. The van der Waals surface area contributed by atoms with Gasteiger partial charge in [-0.25, -0.2) is 4.79 Å². The first kappa shape index (κ1) is 19.0. The average Bonchev–Trinajstić information content (AvgIpc) is 3.03. The predicted molar refractivity (Wildman–Crippen MR) is 103 cm³/mol. The predicted octanol–water partition coefficient (Wildman–Crippen LogP) is 1.78. The van der Waals surface area contributed by atoms with Crippen LogP contribution in [-0.2, 0) is 11.2 Å². The number of amides is 4. The Morgan fingerprint density at radius 3 is 2.36 bits per heavy atom. The van der Waals surface area contributed by atoms with Gasteiger partial charge in [-0.05, 0) is 18.6 Å². The van der Waals surface area contributed by atoms with Gasteiger partial charge in [-0.2, -0.15) is 0 Å². The minimum atomic E-state index is -0.947. The number of aryl methyl sites for hydroxylation is 1. The van der Waals surface area contributed by atoms with Crippen LogP contribution in [0.3, 0.4) is 0 Å². The average molecular weight is 380 g/mol. The van der Waals surface area contributed by atoms with Gasteiger partial charge in [0.25, 0.3) is 5.91 Å². The van der Waals surface area contributed by atoms with Crippen molar-refractivity contribution in [2.75, 3.05) is 0 Å². The van der Waals surface area contributed by atoms with Crippen LogP contribution in [0, 0.1) is 6.92 Å². The maximum Gasteiger partial charge on any atom is 0.312 e. The maximum atomic E-state index is 12.4. The molecule has 0 aliphatic heterocycles. The van der Waals surface area contributed by atoms with Crippen molar-refractivity contribution in [2.45, 2.75) is 19.4 Å². The third kappa shape index (κ3) is 4.29. The van der Waals surface area contributed by atoms with E-state index >= 15 is 0 Å². The number of rotatable bonds is 5. The molecular weight excluding hydrogens is 360 g/mol. The van der Waals surface area contributed by atoms with E-state index in [9.17, 15) is 14.4 Å². The van der Waals surface area contributed by atoms with Gasteiger partial charge >= 0.3 is 11.9 Å². The van der Waals surface area contributed by atoms with Gasteiger partial charge in [0.1, 0.15) is 11.6 Å². The zero-order valence-electron chi connectivity index (χ0n) is 15.2. The summed E-state index contributed by atoms with van der Waals surface area (Å²) < 4.78 is 5.56. The molecule has 0 saturated carbocycles. The third-order valence-corrected chi connectivity index (χ3v) is 4.26. The standard InChI is InChI=1S/C20H20N4O4/c1-12-14-9-5-6-10-16(14)28-17(12)19(26)24-23-18(25)15(22-20(21)27)11-13-7-3-2-4-8-13/h2-10,15H,11H2,1H3,(H,23,25)(H,24,26)(H3,21,22,27). The van der Waals surface area contributed by atoms with Crippen molar-refractivity contribution in [3.63, 3.8) is 0 Å². The van der Waals surface area contributed by atoms with Crippen molar-refractivity contribution in [3.8, 4) is 0 Å². The molecule has 0 aliphatic rings. The number of carbonyl (C=O) groups excluding carboxylic acids is 3. The molecule has 8 nitrogen and oxygen atoms in total. The zero-order chi connectivity index (χ0) is 20.1. The molecule has 0 saturated heterocycles. The summed E-state index contributed by atoms with van der Waals surface area (Å²) in [5.41, 5.74) is 11.9. The number of carbonyl (C=O) groups is 3. The second-order valence-electron chi connectivity index (χ2n) is 6.25. The van der Waals surface area contributed by atoms with Crippen molar-refractivity contribution >= 4 is 28.8 Å². The van der Waals surface area contributed by atoms with Crippen LogP contribution in [0.15, 0.2) is 59.0 Å². The summed E-state index contributed by atoms with van der Waals surface area (Å²) in [5.74, 6) is -1.10. The van der Waals surface area contributed by atoms with Gasteiger partial charge in [-0.3, -0.25) is 20.4 Å². The van der Waals surface area contributed by atoms with Gasteiger partial charge in [-0.1, -0.05) is 48.5 Å². The van der Waals surface area contributed by atoms with Crippen molar-refractivity contribution in [1.29, 1.82) is 0 Å². The minimum Gasteiger partial charge on any atom is -0.451 e. The summed E-state index contributed by atoms with van der Waals surface area (Å²) in [7, 11) is 0. The number of primary amides is 1. The van der Waals surface area contributed by atoms with Crippen LogP contribution >= 0.6 is 0 Å². The maximum absolute atomic E-state index is 12.4. The van der Waals surface area contributed by atoms with Crippen LogP contribution < -0.4 is 21.9 Å². The second kappa shape index (κ2) is 8.26. The highest BCUT2D eigenvalue weighted by Crippen LogP contribution is 2.24. The molecule has 0 fully saturated rings. The molecule has 4 amide bonds. The molecule has 3 rings (SSSR count). The SMILES string of the molecule is Cc1c(C(=O)NNC(=O)C(Cc2ccccc2)NC(N)=O)oc2ccccc12. The number of urea groups is 1. The topological polar surface area (TPSA) is 126 Å². The second-order valence-corrected chi connectivity index (χ2v) is 6.25. The smallest absolute Gasteiger partial charge is 0.312 e. The Bertz CT molecular complexity index is 1010. The molecule has 0 aliphatic carbocycles. The van der Waals surface area contributed by atoms with Gasteiger partial charge in [0, 0.05) is 17.4 Å². The lowest BCUT2D eigenvalue weighted by Crippen LogP contribution is -2.54. The first-order valence-corrected chi connectivity index (χ1v) is 8.64. The third-order valence-electron chi connectivity index (χ3n) is 4.26. The molecule has 8 heteroatoms. The Morgan fingerprint density at radius 1 is 1.00 bits per heavy atom. The normalized spacial score (nSPS) is 11.6. The highest BCUT2D eigenvalue weighted by molar-refractivity contribution is 6.00. The van der Waals surface area contributed by atoms with Crippen LogP contribution in [0.4, 0.5) is 4.79 Å². The molecule has 0 bridgehead atoms. The number of benzene rings is 2. The zero-order valence-corrected chi connectivity index (χ0v) is 15.2. The highest BCUT2D eigenvalue weighted by atomic mass is 16.3. The highest BCUT2D eigenvalue weighted by Gasteiger charge is 2.22. The molecule has 0 spiro atoms. The first-order valence-electron chi connectivity index (χ1n) is 8.64. The molecular formula is C20H20N4O4. The molecule has 28 heavy (non-hydrogen) atoms. The van der Waals surface area contributed by atoms with Crippen molar-refractivity contribution in [3.05, 3.63) is 71.5 Å². The number of hydrogen-bond acceptors (Lipinski definition) is 4. The fourth-order valence-corrected chi connectivity index (χ4v) is 2.88. The molecule has 1 heterocycles. The van der Waals surface area contributed by atoms with Crippen molar-refractivity contribution in [1.82, 2.24) is 16.2 Å². The number of hydrogen-bond donors (Lipinski definition) is 4. The monoisotopic (exact) mass is 380 g/mol. The van der Waals surface area contributed by atoms with E-state index in [1.807, 2.05) is 42.5 Å². The quantitative estimate of drug-likeness (QED) is 0.503. The van der Waals surface area contributed by atoms with Gasteiger partial charge in [0.15, 0.2) is 5.76 Å². The molecule has 3 aromatic rings. The Hall–Kier alpha value is -3.81. The van der Waals surface area contributed by atoms with E-state index in [0.717, 1.165) is 10.9 Å². The number of hydrazine groups is 1. The minimum absolute atomic E-state index is 0.101.